The van der Waals surface area contributed by atoms with E-state index in [-0.39, 0.29) is 0 Å². The maximum Gasteiger partial charge on any atom is 0.336 e. The first-order valence-electron chi connectivity index (χ1n) is 6.06. The monoisotopic (exact) mass is 239 g/mol. The molecule has 3 heteroatoms. The summed E-state index contributed by atoms with van der Waals surface area (Å²) in [6.45, 7) is 2.10. The fourth-order valence-corrected chi connectivity index (χ4v) is 2.47. The Morgan fingerprint density at radius 3 is 3.00 bits per heavy atom. The molecule has 1 aromatic rings. The van der Waals surface area contributed by atoms with Crippen molar-refractivity contribution in [3.63, 3.8) is 0 Å². The Balaban J connectivity index is 2.21. The first-order valence-corrected chi connectivity index (χ1v) is 6.06. The average Bonchev–Trinajstić information content (AvgIpc) is 2.75. The molecule has 2 aliphatic rings. The molecule has 18 heavy (non-hydrogen) atoms. The molecule has 3 rings (SSSR count). The summed E-state index contributed by atoms with van der Waals surface area (Å²) in [6.07, 6.45) is 5.99. The molecule has 1 aliphatic heterocycles. The topological polar surface area (TPSA) is 49.7 Å². The van der Waals surface area contributed by atoms with Crippen molar-refractivity contribution in [2.24, 2.45) is 4.99 Å². The summed E-state index contributed by atoms with van der Waals surface area (Å²) in [5.74, 6) is -0.892. The Labute approximate surface area is 105 Å². The third-order valence-corrected chi connectivity index (χ3v) is 3.40. The Hall–Kier alpha value is -2.16. The van der Waals surface area contributed by atoms with E-state index < -0.39 is 5.97 Å². The molecule has 1 aliphatic carbocycles. The minimum atomic E-state index is -0.892. The molecule has 0 aromatic heterocycles. The summed E-state index contributed by atoms with van der Waals surface area (Å²) in [5.41, 5.74) is 5.12. The Morgan fingerprint density at radius 2 is 2.28 bits per heavy atom. The second-order valence-corrected chi connectivity index (χ2v) is 4.46. The summed E-state index contributed by atoms with van der Waals surface area (Å²) >= 11 is 0. The van der Waals surface area contributed by atoms with Gasteiger partial charge in [0.25, 0.3) is 0 Å². The van der Waals surface area contributed by atoms with Crippen LogP contribution in [0.4, 0.5) is 5.69 Å². The molecule has 0 spiro atoms. The van der Waals surface area contributed by atoms with E-state index in [0.29, 0.717) is 5.56 Å². The number of carboxylic acids is 1. The van der Waals surface area contributed by atoms with E-state index >= 15 is 0 Å². The van der Waals surface area contributed by atoms with Crippen LogP contribution in [0, 0.1) is 0 Å². The van der Waals surface area contributed by atoms with E-state index in [2.05, 4.69) is 24.1 Å². The maximum atomic E-state index is 11.3. The molecule has 0 saturated heterocycles. The highest BCUT2D eigenvalue weighted by molar-refractivity contribution is 6.32. The van der Waals surface area contributed by atoms with Crippen LogP contribution < -0.4 is 0 Å². The van der Waals surface area contributed by atoms with Crippen LogP contribution in [0.1, 0.15) is 35.7 Å². The first-order chi connectivity index (χ1) is 8.70. The van der Waals surface area contributed by atoms with Gasteiger partial charge in [-0.3, -0.25) is 4.99 Å². The van der Waals surface area contributed by atoms with Gasteiger partial charge in [-0.25, -0.2) is 4.79 Å². The highest BCUT2D eigenvalue weighted by Gasteiger charge is 2.27. The van der Waals surface area contributed by atoms with Gasteiger partial charge in [0, 0.05) is 17.6 Å². The van der Waals surface area contributed by atoms with Crippen LogP contribution in [0.3, 0.4) is 0 Å². The van der Waals surface area contributed by atoms with E-state index in [1.807, 2.05) is 6.07 Å². The lowest BCUT2D eigenvalue weighted by Gasteiger charge is -2.12. The minimum absolute atomic E-state index is 0.342. The van der Waals surface area contributed by atoms with Gasteiger partial charge in [-0.15, -0.1) is 0 Å². The van der Waals surface area contributed by atoms with E-state index in [1.54, 1.807) is 12.1 Å². The summed E-state index contributed by atoms with van der Waals surface area (Å²) < 4.78 is 0. The summed E-state index contributed by atoms with van der Waals surface area (Å²) in [4.78, 5) is 15.8. The number of aromatic carboxylic acids is 1. The van der Waals surface area contributed by atoms with Crippen molar-refractivity contribution >= 4 is 22.9 Å². The standard InChI is InChI=1S/C15H13NO2/c1-2-9-6-7-12-11(8-9)14-10(15(17)18)4-3-5-13(14)16-12/h3-6,8H,2,7H2,1H3,(H,17,18). The molecule has 1 N–H and O–H groups in total. The van der Waals surface area contributed by atoms with Crippen molar-refractivity contribution in [1.29, 1.82) is 0 Å². The molecule has 90 valence electrons. The number of hydrogen-bond donors (Lipinski definition) is 1. The zero-order valence-electron chi connectivity index (χ0n) is 10.1. The van der Waals surface area contributed by atoms with Gasteiger partial charge in [0.2, 0.25) is 0 Å². The second kappa shape index (κ2) is 3.95. The van der Waals surface area contributed by atoms with Gasteiger partial charge < -0.3 is 5.11 Å². The number of carbonyl (C=O) groups is 1. The summed E-state index contributed by atoms with van der Waals surface area (Å²) in [7, 11) is 0. The van der Waals surface area contributed by atoms with Crippen LogP contribution in [0.2, 0.25) is 0 Å². The Morgan fingerprint density at radius 1 is 1.44 bits per heavy atom. The molecule has 0 amide bonds. The molecule has 1 aromatic carbocycles. The number of nitrogens with zero attached hydrogens (tertiary/aromatic N) is 1. The fourth-order valence-electron chi connectivity index (χ4n) is 2.47. The lowest BCUT2D eigenvalue weighted by atomic mass is 9.90. The molecular weight excluding hydrogens is 226 g/mol. The normalized spacial score (nSPS) is 16.4. The van der Waals surface area contributed by atoms with Gasteiger partial charge in [-0.1, -0.05) is 24.6 Å². The van der Waals surface area contributed by atoms with Crippen molar-refractivity contribution in [2.75, 3.05) is 0 Å². The quantitative estimate of drug-likeness (QED) is 0.857. The van der Waals surface area contributed by atoms with E-state index in [0.717, 1.165) is 35.4 Å². The SMILES string of the molecule is CCC1=CCC2=Nc3cccc(C(=O)O)c3C2=C1. The summed E-state index contributed by atoms with van der Waals surface area (Å²) in [6, 6.07) is 5.27. The van der Waals surface area contributed by atoms with E-state index in [4.69, 9.17) is 0 Å². The number of allylic oxidation sites excluding steroid dienone is 4. The number of fused-ring (bicyclic) bond motifs is 3. The number of hydrogen-bond acceptors (Lipinski definition) is 2. The first kappa shape index (κ1) is 11.0. The third kappa shape index (κ3) is 1.51. The van der Waals surface area contributed by atoms with Gasteiger partial charge in [0.05, 0.1) is 17.0 Å². The molecule has 0 atom stereocenters. The van der Waals surface area contributed by atoms with Crippen LogP contribution in [-0.4, -0.2) is 16.8 Å². The minimum Gasteiger partial charge on any atom is -0.478 e. The van der Waals surface area contributed by atoms with Crippen molar-refractivity contribution in [2.45, 2.75) is 19.8 Å². The van der Waals surface area contributed by atoms with Crippen LogP contribution in [-0.2, 0) is 0 Å². The maximum absolute atomic E-state index is 11.3. The fraction of sp³-hybridized carbons (Fsp3) is 0.200. The van der Waals surface area contributed by atoms with Gasteiger partial charge in [-0.05, 0) is 24.6 Å². The Bertz CT molecular complexity index is 636. The second-order valence-electron chi connectivity index (χ2n) is 4.46. The lowest BCUT2D eigenvalue weighted by molar-refractivity contribution is 0.0696. The number of rotatable bonds is 2. The van der Waals surface area contributed by atoms with E-state index in [1.165, 1.54) is 5.57 Å². The number of benzene rings is 1. The lowest BCUT2D eigenvalue weighted by Crippen LogP contribution is -2.06. The largest absolute Gasteiger partial charge is 0.478 e. The summed E-state index contributed by atoms with van der Waals surface area (Å²) in [5, 5.41) is 9.27. The average molecular weight is 239 g/mol. The van der Waals surface area contributed by atoms with Gasteiger partial charge in [0.1, 0.15) is 0 Å². The van der Waals surface area contributed by atoms with Gasteiger partial charge in [-0.2, -0.15) is 0 Å². The predicted octanol–water partition coefficient (Wildman–Crippen LogP) is 3.59. The predicted molar refractivity (Wildman–Crippen MR) is 71.5 cm³/mol. The molecular formula is C15H13NO2. The van der Waals surface area contributed by atoms with E-state index in [9.17, 15) is 9.90 Å². The molecule has 3 nitrogen and oxygen atoms in total. The molecule has 0 unspecified atom stereocenters. The van der Waals surface area contributed by atoms with Crippen LogP contribution in [0.25, 0.3) is 5.57 Å². The number of aliphatic imine (C=N–C) groups is 1. The van der Waals surface area contributed by atoms with Crippen LogP contribution in [0.5, 0.6) is 0 Å². The van der Waals surface area contributed by atoms with Crippen molar-refractivity contribution in [3.05, 3.63) is 47.1 Å². The van der Waals surface area contributed by atoms with Gasteiger partial charge in [0.15, 0.2) is 0 Å². The zero-order chi connectivity index (χ0) is 12.7. The van der Waals surface area contributed by atoms with Crippen molar-refractivity contribution < 1.29 is 9.90 Å². The smallest absolute Gasteiger partial charge is 0.336 e. The van der Waals surface area contributed by atoms with Crippen molar-refractivity contribution in [1.82, 2.24) is 0 Å². The molecule has 0 fully saturated rings. The third-order valence-electron chi connectivity index (χ3n) is 3.40. The molecule has 0 bridgehead atoms. The van der Waals surface area contributed by atoms with Crippen LogP contribution >= 0.6 is 0 Å². The highest BCUT2D eigenvalue weighted by Crippen LogP contribution is 2.40. The Kier molecular flexibility index (Phi) is 2.40. The highest BCUT2D eigenvalue weighted by atomic mass is 16.4. The number of carboxylic acid groups (broad SMARTS) is 1. The molecule has 0 saturated carbocycles. The van der Waals surface area contributed by atoms with Gasteiger partial charge >= 0.3 is 5.97 Å². The molecule has 0 radical (unpaired) electrons. The van der Waals surface area contributed by atoms with Crippen LogP contribution in [0.15, 0.2) is 40.9 Å². The molecule has 1 heterocycles. The van der Waals surface area contributed by atoms with Crippen molar-refractivity contribution in [3.8, 4) is 0 Å². The zero-order valence-corrected chi connectivity index (χ0v) is 10.1.